The minimum Gasteiger partial charge on any atom is -0.397 e. The van der Waals surface area contributed by atoms with Gasteiger partial charge in [-0.15, -0.1) is 0 Å². The number of aliphatic hydroxyl groups excluding tert-OH is 4. The third kappa shape index (κ3) is 7500. The van der Waals surface area contributed by atoms with E-state index < -0.39 is 0 Å². The van der Waals surface area contributed by atoms with Gasteiger partial charge in [-0.1, -0.05) is 0 Å². The molecule has 0 aromatic rings. The predicted octanol–water partition coefficient (Wildman–Crippen LogP) is -0.00810. The second kappa shape index (κ2) is 82.8. The summed E-state index contributed by atoms with van der Waals surface area (Å²) in [6.45, 7) is 7.72. The molecule has 0 aromatic carbocycles. The molecule has 0 aliphatic carbocycles. The van der Waals surface area contributed by atoms with E-state index in [2.05, 4.69) is 0 Å². The van der Waals surface area contributed by atoms with E-state index >= 15 is 0 Å². The molecule has 0 bridgehead atoms. The van der Waals surface area contributed by atoms with Crippen LogP contribution in [0.5, 0.6) is 0 Å². The van der Waals surface area contributed by atoms with Crippen molar-refractivity contribution in [3.05, 3.63) is 0 Å². The SMILES string of the molecule is CCO.CCO.CCO.CCO.[V]. The molecule has 4 N–H and O–H groups in total. The van der Waals surface area contributed by atoms with Crippen LogP contribution in [0.15, 0.2) is 0 Å². The minimum absolute atomic E-state index is 0. The zero-order valence-corrected chi connectivity index (χ0v) is 10.5. The first kappa shape index (κ1) is 29.2. The van der Waals surface area contributed by atoms with Crippen molar-refractivity contribution < 1.29 is 39.0 Å². The molecule has 0 saturated heterocycles. The summed E-state index contributed by atoms with van der Waals surface area (Å²) in [5, 5.41) is 30.3. The van der Waals surface area contributed by atoms with Gasteiger partial charge in [0.2, 0.25) is 0 Å². The fourth-order valence-corrected chi connectivity index (χ4v) is 0. The quantitative estimate of drug-likeness (QED) is 0.476. The van der Waals surface area contributed by atoms with E-state index in [9.17, 15) is 0 Å². The second-order valence-corrected chi connectivity index (χ2v) is 1.26. The maximum absolute atomic E-state index is 7.57. The Labute approximate surface area is 93.5 Å². The van der Waals surface area contributed by atoms with E-state index in [1.54, 1.807) is 27.7 Å². The van der Waals surface area contributed by atoms with Crippen LogP contribution in [0.3, 0.4) is 0 Å². The van der Waals surface area contributed by atoms with Gasteiger partial charge in [-0.05, 0) is 27.7 Å². The number of rotatable bonds is 0. The van der Waals surface area contributed by atoms with Crippen LogP contribution in [-0.4, -0.2) is 46.9 Å². The zero-order valence-electron chi connectivity index (χ0n) is 9.06. The van der Waals surface area contributed by atoms with Crippen LogP contribution in [0.25, 0.3) is 0 Å². The van der Waals surface area contributed by atoms with Gasteiger partial charge in [0, 0.05) is 45.0 Å². The number of hydrogen-bond acceptors (Lipinski definition) is 4. The minimum atomic E-state index is 0. The molecule has 0 spiro atoms. The van der Waals surface area contributed by atoms with Crippen LogP contribution in [0.2, 0.25) is 0 Å². The molecule has 5 heteroatoms. The fraction of sp³-hybridized carbons (Fsp3) is 1.00. The van der Waals surface area contributed by atoms with Crippen molar-refractivity contribution in [2.45, 2.75) is 27.7 Å². The van der Waals surface area contributed by atoms with Crippen molar-refractivity contribution in [3.8, 4) is 0 Å². The standard InChI is InChI=1S/4C2H6O.V/c4*1-2-3;/h4*3H,2H2,1H3;. The molecular formula is C8H24O4V. The van der Waals surface area contributed by atoms with Crippen molar-refractivity contribution >= 4 is 0 Å². The van der Waals surface area contributed by atoms with Crippen molar-refractivity contribution in [1.82, 2.24) is 0 Å². The monoisotopic (exact) mass is 235 g/mol. The smallest absolute Gasteiger partial charge is 0.0402 e. The Hall–Kier alpha value is 0.424. The Balaban J connectivity index is -0.0000000213. The van der Waals surface area contributed by atoms with E-state index in [1.165, 1.54) is 0 Å². The fourth-order valence-electron chi connectivity index (χ4n) is 0. The molecular weight excluding hydrogens is 211 g/mol. The van der Waals surface area contributed by atoms with Gasteiger partial charge < -0.3 is 20.4 Å². The first-order valence-corrected chi connectivity index (χ1v) is 4.09. The first-order valence-electron chi connectivity index (χ1n) is 4.09. The predicted molar refractivity (Wildman–Crippen MR) is 51.0 cm³/mol. The van der Waals surface area contributed by atoms with Gasteiger partial charge in [-0.25, -0.2) is 0 Å². The molecule has 0 aliphatic heterocycles. The van der Waals surface area contributed by atoms with Gasteiger partial charge >= 0.3 is 0 Å². The zero-order chi connectivity index (χ0) is 10.8. The van der Waals surface area contributed by atoms with Crippen LogP contribution in [0.4, 0.5) is 0 Å². The first-order chi connectivity index (χ1) is 5.66. The molecule has 0 aliphatic rings. The molecule has 0 rings (SSSR count). The third-order valence-electron chi connectivity index (χ3n) is 0. The molecule has 0 atom stereocenters. The van der Waals surface area contributed by atoms with E-state index in [4.69, 9.17) is 20.4 Å². The summed E-state index contributed by atoms with van der Waals surface area (Å²) >= 11 is 0. The van der Waals surface area contributed by atoms with Crippen LogP contribution < -0.4 is 0 Å². The Bertz CT molecular complexity index is 24.1. The molecule has 0 fully saturated rings. The molecule has 0 aromatic heterocycles. The van der Waals surface area contributed by atoms with Crippen molar-refractivity contribution in [2.24, 2.45) is 0 Å². The third-order valence-corrected chi connectivity index (χ3v) is 0. The summed E-state index contributed by atoms with van der Waals surface area (Å²) < 4.78 is 0. The van der Waals surface area contributed by atoms with E-state index in [-0.39, 0.29) is 45.0 Å². The average molecular weight is 235 g/mol. The van der Waals surface area contributed by atoms with Gasteiger partial charge in [-0.3, -0.25) is 0 Å². The Morgan fingerprint density at radius 3 is 0.538 bits per heavy atom. The van der Waals surface area contributed by atoms with Gasteiger partial charge in [0.1, 0.15) is 0 Å². The molecule has 0 saturated carbocycles. The Morgan fingerprint density at radius 2 is 0.538 bits per heavy atom. The average Bonchev–Trinajstić information content (AvgIpc) is 1.92. The molecule has 4 nitrogen and oxygen atoms in total. The van der Waals surface area contributed by atoms with Gasteiger partial charge in [0.15, 0.2) is 0 Å². The van der Waals surface area contributed by atoms with Crippen LogP contribution in [-0.2, 0) is 18.6 Å². The molecule has 0 amide bonds. The molecule has 13 heavy (non-hydrogen) atoms. The summed E-state index contributed by atoms with van der Waals surface area (Å²) in [7, 11) is 0. The van der Waals surface area contributed by atoms with E-state index in [1.807, 2.05) is 0 Å². The van der Waals surface area contributed by atoms with Crippen molar-refractivity contribution in [1.29, 1.82) is 0 Å². The van der Waals surface area contributed by atoms with Gasteiger partial charge in [-0.2, -0.15) is 0 Å². The summed E-state index contributed by atoms with van der Waals surface area (Å²) in [6.07, 6.45) is 0. The molecule has 1 radical (unpaired) electrons. The molecule has 85 valence electrons. The molecule has 0 heterocycles. The van der Waals surface area contributed by atoms with Crippen LogP contribution in [0.1, 0.15) is 27.7 Å². The number of hydrogen-bond donors (Lipinski definition) is 4. The topological polar surface area (TPSA) is 80.9 Å². The van der Waals surface area contributed by atoms with E-state index in [0.29, 0.717) is 0 Å². The summed E-state index contributed by atoms with van der Waals surface area (Å²) in [6, 6.07) is 0. The Morgan fingerprint density at radius 1 is 0.538 bits per heavy atom. The van der Waals surface area contributed by atoms with Crippen molar-refractivity contribution in [3.63, 3.8) is 0 Å². The van der Waals surface area contributed by atoms with Gasteiger partial charge in [0.25, 0.3) is 0 Å². The van der Waals surface area contributed by atoms with Gasteiger partial charge in [0.05, 0.1) is 0 Å². The second-order valence-electron chi connectivity index (χ2n) is 1.26. The molecule has 0 unspecified atom stereocenters. The van der Waals surface area contributed by atoms with Crippen LogP contribution in [0, 0.1) is 0 Å². The summed E-state index contributed by atoms with van der Waals surface area (Å²) in [5.41, 5.74) is 0. The van der Waals surface area contributed by atoms with E-state index in [0.717, 1.165) is 0 Å². The largest absolute Gasteiger partial charge is 0.397 e. The van der Waals surface area contributed by atoms with Crippen molar-refractivity contribution in [2.75, 3.05) is 26.4 Å². The Kier molecular flexibility index (Phi) is 186. The summed E-state index contributed by atoms with van der Waals surface area (Å²) in [4.78, 5) is 0. The van der Waals surface area contributed by atoms with Crippen LogP contribution >= 0.6 is 0 Å². The normalized spacial score (nSPS) is 5.54. The maximum Gasteiger partial charge on any atom is 0.0402 e. The number of aliphatic hydroxyl groups is 4. The summed E-state index contributed by atoms with van der Waals surface area (Å²) in [5.74, 6) is 0. The maximum atomic E-state index is 7.57.